The number of carbonyl (C=O) groups is 1. The highest BCUT2D eigenvalue weighted by Gasteiger charge is 2.53. The van der Waals surface area contributed by atoms with Crippen LogP contribution in [0, 0.1) is 5.92 Å². The summed E-state index contributed by atoms with van der Waals surface area (Å²) < 4.78 is 29.4. The Balaban J connectivity index is 1.31. The summed E-state index contributed by atoms with van der Waals surface area (Å²) in [7, 11) is -3.05. The van der Waals surface area contributed by atoms with E-state index in [1.165, 1.54) is 0 Å². The lowest BCUT2D eigenvalue weighted by atomic mass is 9.57. The van der Waals surface area contributed by atoms with E-state index in [0.29, 0.717) is 11.4 Å². The van der Waals surface area contributed by atoms with Crippen molar-refractivity contribution in [2.45, 2.75) is 55.9 Å². The number of hydrogen-bond donors (Lipinski definition) is 1. The van der Waals surface area contributed by atoms with Crippen LogP contribution in [0.2, 0.25) is 5.02 Å². The van der Waals surface area contributed by atoms with Gasteiger partial charge in [0.2, 0.25) is 11.8 Å². The van der Waals surface area contributed by atoms with Gasteiger partial charge in [0.15, 0.2) is 15.4 Å². The average Bonchev–Trinajstić information content (AvgIpc) is 3.26. The maximum absolute atomic E-state index is 12.7. The molecule has 1 atom stereocenters. The number of hydrogen-bond acceptors (Lipinski definition) is 5. The second-order valence-corrected chi connectivity index (χ2v) is 11.4. The molecule has 4 aliphatic rings. The van der Waals surface area contributed by atoms with Gasteiger partial charge in [-0.1, -0.05) is 11.6 Å². The van der Waals surface area contributed by atoms with Crippen molar-refractivity contribution in [2.75, 3.05) is 11.5 Å². The predicted octanol–water partition coefficient (Wildman–Crippen LogP) is 3.38. The monoisotopic (exact) mass is 422 g/mol. The molecule has 1 aromatic carbocycles. The van der Waals surface area contributed by atoms with Crippen LogP contribution in [-0.2, 0) is 20.0 Å². The third kappa shape index (κ3) is 3.03. The van der Waals surface area contributed by atoms with Gasteiger partial charge in [0.25, 0.3) is 0 Å². The van der Waals surface area contributed by atoms with Gasteiger partial charge in [0.05, 0.1) is 17.4 Å². The van der Waals surface area contributed by atoms with Crippen molar-refractivity contribution < 1.29 is 17.6 Å². The molecule has 6 rings (SSSR count). The summed E-state index contributed by atoms with van der Waals surface area (Å²) in [5.41, 5.74) is 1.26. The number of benzene rings is 1. The van der Waals surface area contributed by atoms with E-state index < -0.39 is 15.8 Å². The molecule has 2 heterocycles. The van der Waals surface area contributed by atoms with E-state index in [9.17, 15) is 13.2 Å². The van der Waals surface area contributed by atoms with Crippen LogP contribution in [0.4, 0.5) is 0 Å². The largest absolute Gasteiger partial charge is 0.440 e. The molecule has 2 bridgehead atoms. The fraction of sp³-hybridized carbons (Fsp3) is 0.600. The quantitative estimate of drug-likeness (QED) is 0.818. The van der Waals surface area contributed by atoms with E-state index in [2.05, 4.69) is 5.32 Å². The number of oxazole rings is 1. The second-order valence-electron chi connectivity index (χ2n) is 8.78. The SMILES string of the molecule is O=C(NC12CCC(c3nc4cc(Cl)ccc4o3)(CC1)CC2)C1CCS(=O)(=O)C1. The number of halogens is 1. The maximum atomic E-state index is 12.7. The predicted molar refractivity (Wildman–Crippen MR) is 106 cm³/mol. The molecular formula is C20H23ClN2O4S. The molecule has 2 aromatic rings. The highest BCUT2D eigenvalue weighted by Crippen LogP contribution is 2.53. The number of sulfone groups is 1. The first kappa shape index (κ1) is 18.4. The zero-order valence-electron chi connectivity index (χ0n) is 15.5. The topological polar surface area (TPSA) is 89.3 Å². The Kier molecular flexibility index (Phi) is 4.08. The standard InChI is InChI=1S/C20H23ClN2O4S/c21-14-1-2-16-15(11-14)22-18(27-16)19-4-7-20(8-5-19,9-6-19)23-17(24)13-3-10-28(25,26)12-13/h1-2,11,13H,3-10,12H2,(H,23,24). The zero-order valence-corrected chi connectivity index (χ0v) is 17.1. The van der Waals surface area contributed by atoms with Crippen LogP contribution in [0.1, 0.15) is 50.8 Å². The second kappa shape index (κ2) is 6.20. The van der Waals surface area contributed by atoms with Gasteiger partial charge in [-0.25, -0.2) is 13.4 Å². The van der Waals surface area contributed by atoms with Crippen molar-refractivity contribution in [3.8, 4) is 0 Å². The van der Waals surface area contributed by atoms with Crippen LogP contribution in [0.25, 0.3) is 11.1 Å². The van der Waals surface area contributed by atoms with Gasteiger partial charge >= 0.3 is 0 Å². The zero-order chi connectivity index (χ0) is 19.6. The first-order valence-electron chi connectivity index (χ1n) is 9.87. The Bertz CT molecular complexity index is 1040. The Morgan fingerprint density at radius 3 is 2.54 bits per heavy atom. The van der Waals surface area contributed by atoms with E-state index in [1.54, 1.807) is 0 Å². The minimum absolute atomic E-state index is 0.00961. The number of carbonyl (C=O) groups excluding carboxylic acids is 1. The van der Waals surface area contributed by atoms with Crippen LogP contribution in [0.5, 0.6) is 0 Å². The molecule has 1 saturated heterocycles. The summed E-state index contributed by atoms with van der Waals surface area (Å²) in [6.45, 7) is 0. The summed E-state index contributed by atoms with van der Waals surface area (Å²) >= 11 is 6.07. The fourth-order valence-corrected chi connectivity index (χ4v) is 7.09. The van der Waals surface area contributed by atoms with Crippen molar-refractivity contribution in [3.63, 3.8) is 0 Å². The minimum atomic E-state index is -3.05. The van der Waals surface area contributed by atoms with E-state index >= 15 is 0 Å². The Morgan fingerprint density at radius 2 is 1.89 bits per heavy atom. The lowest BCUT2D eigenvalue weighted by Crippen LogP contribution is -2.58. The number of amides is 1. The highest BCUT2D eigenvalue weighted by molar-refractivity contribution is 7.91. The van der Waals surface area contributed by atoms with Crippen LogP contribution < -0.4 is 5.32 Å². The molecule has 1 amide bonds. The number of aromatic nitrogens is 1. The summed E-state index contributed by atoms with van der Waals surface area (Å²) in [6, 6.07) is 5.49. The molecule has 28 heavy (non-hydrogen) atoms. The number of fused-ring (bicyclic) bond motifs is 4. The van der Waals surface area contributed by atoms with Gasteiger partial charge in [-0.3, -0.25) is 4.79 Å². The van der Waals surface area contributed by atoms with Crippen LogP contribution >= 0.6 is 11.6 Å². The summed E-state index contributed by atoms with van der Waals surface area (Å²) in [5.74, 6) is 0.417. The molecule has 150 valence electrons. The van der Waals surface area contributed by atoms with Crippen LogP contribution in [0.3, 0.4) is 0 Å². The van der Waals surface area contributed by atoms with Crippen LogP contribution in [0.15, 0.2) is 22.6 Å². The number of nitrogens with zero attached hydrogens (tertiary/aromatic N) is 1. The molecule has 1 N–H and O–H groups in total. The van der Waals surface area contributed by atoms with E-state index in [0.717, 1.165) is 55.5 Å². The lowest BCUT2D eigenvalue weighted by Gasteiger charge is -2.52. The molecule has 4 fully saturated rings. The molecule has 0 spiro atoms. The van der Waals surface area contributed by atoms with Crippen molar-refractivity contribution in [1.82, 2.24) is 10.3 Å². The summed E-state index contributed by atoms with van der Waals surface area (Å²) in [6.07, 6.45) is 5.80. The maximum Gasteiger partial charge on any atom is 0.224 e. The molecule has 6 nitrogen and oxygen atoms in total. The Hall–Kier alpha value is -1.60. The molecule has 3 saturated carbocycles. The van der Waals surface area contributed by atoms with E-state index in [4.69, 9.17) is 21.0 Å². The highest BCUT2D eigenvalue weighted by atomic mass is 35.5. The molecule has 0 radical (unpaired) electrons. The van der Waals surface area contributed by atoms with Gasteiger partial charge in [0.1, 0.15) is 5.52 Å². The van der Waals surface area contributed by atoms with E-state index in [1.807, 2.05) is 18.2 Å². The first-order valence-corrected chi connectivity index (χ1v) is 12.1. The Morgan fingerprint density at radius 1 is 1.18 bits per heavy atom. The average molecular weight is 423 g/mol. The molecule has 1 unspecified atom stereocenters. The van der Waals surface area contributed by atoms with Crippen molar-refractivity contribution in [2.24, 2.45) is 5.92 Å². The molecule has 8 heteroatoms. The van der Waals surface area contributed by atoms with Gasteiger partial charge in [-0.2, -0.15) is 0 Å². The Labute approximate surface area is 168 Å². The summed E-state index contributed by atoms with van der Waals surface area (Å²) in [5, 5.41) is 3.88. The fourth-order valence-electron chi connectivity index (χ4n) is 5.19. The molecule has 3 aliphatic carbocycles. The number of rotatable bonds is 3. The third-order valence-electron chi connectivity index (χ3n) is 7.04. The van der Waals surface area contributed by atoms with Crippen molar-refractivity contribution in [1.29, 1.82) is 0 Å². The summed E-state index contributed by atoms with van der Waals surface area (Å²) in [4.78, 5) is 17.4. The van der Waals surface area contributed by atoms with Gasteiger partial charge < -0.3 is 9.73 Å². The van der Waals surface area contributed by atoms with Gasteiger partial charge in [-0.05, 0) is 63.1 Å². The molecule has 1 aromatic heterocycles. The third-order valence-corrected chi connectivity index (χ3v) is 9.04. The van der Waals surface area contributed by atoms with Gasteiger partial charge in [-0.15, -0.1) is 0 Å². The van der Waals surface area contributed by atoms with Gasteiger partial charge in [0, 0.05) is 16.0 Å². The first-order chi connectivity index (χ1) is 13.3. The number of nitrogens with one attached hydrogen (secondary N) is 1. The van der Waals surface area contributed by atoms with Crippen LogP contribution in [-0.4, -0.2) is 36.4 Å². The van der Waals surface area contributed by atoms with Crippen molar-refractivity contribution >= 4 is 38.4 Å². The minimum Gasteiger partial charge on any atom is -0.440 e. The smallest absolute Gasteiger partial charge is 0.224 e. The normalized spacial score (nSPS) is 34.0. The van der Waals surface area contributed by atoms with E-state index in [-0.39, 0.29) is 28.4 Å². The molecule has 1 aliphatic heterocycles. The van der Waals surface area contributed by atoms with Crippen molar-refractivity contribution in [3.05, 3.63) is 29.1 Å². The molecular weight excluding hydrogens is 400 g/mol. The lowest BCUT2D eigenvalue weighted by molar-refractivity contribution is -0.128.